The van der Waals surface area contributed by atoms with Crippen LogP contribution in [0, 0.1) is 13.8 Å². The fourth-order valence-corrected chi connectivity index (χ4v) is 5.86. The molecule has 0 spiro atoms. The molecule has 0 atom stereocenters. The highest BCUT2D eigenvalue weighted by molar-refractivity contribution is 5.94. The van der Waals surface area contributed by atoms with Crippen molar-refractivity contribution in [2.24, 2.45) is 0 Å². The Kier molecular flexibility index (Phi) is 7.81. The van der Waals surface area contributed by atoms with Crippen molar-refractivity contribution >= 4 is 17.5 Å². The number of hydrogen-bond acceptors (Lipinski definition) is 6. The maximum atomic E-state index is 13.4. The molecule has 37 heavy (non-hydrogen) atoms. The summed E-state index contributed by atoms with van der Waals surface area (Å²) in [7, 11) is 1.72. The van der Waals surface area contributed by atoms with Gasteiger partial charge in [0.05, 0.1) is 6.61 Å². The van der Waals surface area contributed by atoms with Gasteiger partial charge in [-0.3, -0.25) is 19.2 Å². The molecule has 1 aromatic carbocycles. The fourth-order valence-electron chi connectivity index (χ4n) is 5.86. The van der Waals surface area contributed by atoms with Gasteiger partial charge < -0.3 is 19.4 Å². The van der Waals surface area contributed by atoms with Crippen molar-refractivity contribution in [3.63, 3.8) is 0 Å². The van der Waals surface area contributed by atoms with Crippen LogP contribution < -0.4 is 4.90 Å². The van der Waals surface area contributed by atoms with E-state index in [2.05, 4.69) is 41.8 Å². The number of fused-ring (bicyclic) bond motifs is 1. The zero-order valence-corrected chi connectivity index (χ0v) is 22.5. The van der Waals surface area contributed by atoms with E-state index in [4.69, 9.17) is 9.84 Å². The van der Waals surface area contributed by atoms with Crippen molar-refractivity contribution < 1.29 is 14.3 Å². The molecule has 0 N–H and O–H groups in total. The van der Waals surface area contributed by atoms with Crippen LogP contribution in [0.15, 0.2) is 18.2 Å². The van der Waals surface area contributed by atoms with Gasteiger partial charge in [-0.2, -0.15) is 5.10 Å². The summed E-state index contributed by atoms with van der Waals surface area (Å²) < 4.78 is 7.01. The van der Waals surface area contributed by atoms with Crippen molar-refractivity contribution in [1.29, 1.82) is 0 Å². The first-order valence-electron chi connectivity index (χ1n) is 13.6. The lowest BCUT2D eigenvalue weighted by molar-refractivity contribution is -0.132. The molecular formula is C28H40N6O3. The largest absolute Gasteiger partial charge is 0.383 e. The Balaban J connectivity index is 1.20. The van der Waals surface area contributed by atoms with Crippen LogP contribution in [0.25, 0.3) is 0 Å². The van der Waals surface area contributed by atoms with Crippen molar-refractivity contribution in [2.45, 2.75) is 39.7 Å². The smallest absolute Gasteiger partial charge is 0.274 e. The molecule has 9 heteroatoms. The Morgan fingerprint density at radius 3 is 2.41 bits per heavy atom. The Morgan fingerprint density at radius 2 is 1.68 bits per heavy atom. The van der Waals surface area contributed by atoms with Gasteiger partial charge in [-0.25, -0.2) is 0 Å². The molecule has 0 saturated carbocycles. The summed E-state index contributed by atoms with van der Waals surface area (Å²) in [5.41, 5.74) is 6.55. The normalized spacial score (nSPS) is 18.4. The molecule has 2 amide bonds. The van der Waals surface area contributed by atoms with E-state index in [1.54, 1.807) is 7.11 Å². The maximum Gasteiger partial charge on any atom is 0.274 e. The van der Waals surface area contributed by atoms with Gasteiger partial charge in [-0.15, -0.1) is 0 Å². The summed E-state index contributed by atoms with van der Waals surface area (Å²) in [5, 5.41) is 4.73. The van der Waals surface area contributed by atoms with Crippen LogP contribution in [0.2, 0.25) is 0 Å². The Hall–Kier alpha value is -2.91. The third-order valence-corrected chi connectivity index (χ3v) is 8.31. The molecule has 5 rings (SSSR count). The second kappa shape index (κ2) is 11.2. The molecule has 0 bridgehead atoms. The average Bonchev–Trinajstić information content (AvgIpc) is 3.53. The zero-order valence-electron chi connectivity index (χ0n) is 22.5. The molecule has 3 heterocycles. The summed E-state index contributed by atoms with van der Waals surface area (Å²) in [6.45, 7) is 12.3. The minimum absolute atomic E-state index is 0.0119. The summed E-state index contributed by atoms with van der Waals surface area (Å²) >= 11 is 0. The predicted molar refractivity (Wildman–Crippen MR) is 143 cm³/mol. The van der Waals surface area contributed by atoms with Gasteiger partial charge in [0.15, 0.2) is 5.69 Å². The molecule has 2 aliphatic heterocycles. The van der Waals surface area contributed by atoms with Crippen LogP contribution in [-0.4, -0.2) is 109 Å². The van der Waals surface area contributed by atoms with Gasteiger partial charge in [-0.05, 0) is 50.3 Å². The number of anilines is 1. The number of amides is 2. The molecule has 2 aromatic rings. The van der Waals surface area contributed by atoms with Crippen LogP contribution in [-0.2, 0) is 28.9 Å². The number of methoxy groups -OCH3 is 1. The lowest BCUT2D eigenvalue weighted by Gasteiger charge is -2.37. The number of hydrogen-bond donors (Lipinski definition) is 0. The number of carbonyl (C=O) groups is 2. The van der Waals surface area contributed by atoms with E-state index in [1.165, 1.54) is 16.8 Å². The van der Waals surface area contributed by atoms with E-state index in [9.17, 15) is 9.59 Å². The molecule has 3 aliphatic rings. The van der Waals surface area contributed by atoms with E-state index < -0.39 is 0 Å². The lowest BCUT2D eigenvalue weighted by Crippen LogP contribution is -2.50. The molecule has 200 valence electrons. The first kappa shape index (κ1) is 25.7. The Morgan fingerprint density at radius 1 is 0.946 bits per heavy atom. The number of piperazine rings is 2. The first-order valence-corrected chi connectivity index (χ1v) is 13.6. The quantitative estimate of drug-likeness (QED) is 0.567. The minimum Gasteiger partial charge on any atom is -0.383 e. The van der Waals surface area contributed by atoms with E-state index in [-0.39, 0.29) is 18.4 Å². The minimum atomic E-state index is 0.0119. The molecule has 0 unspecified atom stereocenters. The molecule has 1 aliphatic carbocycles. The highest BCUT2D eigenvalue weighted by atomic mass is 16.5. The van der Waals surface area contributed by atoms with Gasteiger partial charge in [0.2, 0.25) is 5.91 Å². The van der Waals surface area contributed by atoms with Gasteiger partial charge in [0.1, 0.15) is 6.54 Å². The highest BCUT2D eigenvalue weighted by Crippen LogP contribution is 2.27. The zero-order chi connectivity index (χ0) is 25.9. The van der Waals surface area contributed by atoms with Crippen molar-refractivity contribution in [1.82, 2.24) is 24.5 Å². The SMILES string of the molecule is COCCN1CCN(C(=O)c2nn(CC(=O)N3CCN(c4cccc(C)c4C)CC3)c3c2CCC3)CC1. The van der Waals surface area contributed by atoms with E-state index >= 15 is 0 Å². The van der Waals surface area contributed by atoms with Crippen LogP contribution in [0.3, 0.4) is 0 Å². The number of ether oxygens (including phenoxy) is 1. The van der Waals surface area contributed by atoms with Crippen LogP contribution in [0.1, 0.15) is 39.3 Å². The second-order valence-electron chi connectivity index (χ2n) is 10.5. The second-order valence-corrected chi connectivity index (χ2v) is 10.5. The van der Waals surface area contributed by atoms with Crippen molar-refractivity contribution in [3.05, 3.63) is 46.3 Å². The summed E-state index contributed by atoms with van der Waals surface area (Å²) in [5.74, 6) is 0.0986. The van der Waals surface area contributed by atoms with E-state index in [0.717, 1.165) is 63.2 Å². The summed E-state index contributed by atoms with van der Waals surface area (Å²) in [6.07, 6.45) is 2.77. The molecule has 9 nitrogen and oxygen atoms in total. The summed E-state index contributed by atoms with van der Waals surface area (Å²) in [4.78, 5) is 35.3. The van der Waals surface area contributed by atoms with Gasteiger partial charge in [-0.1, -0.05) is 12.1 Å². The molecular weight excluding hydrogens is 468 g/mol. The molecule has 2 saturated heterocycles. The maximum absolute atomic E-state index is 13.4. The summed E-state index contributed by atoms with van der Waals surface area (Å²) in [6, 6.07) is 6.42. The number of rotatable bonds is 7. The van der Waals surface area contributed by atoms with Crippen molar-refractivity contribution in [3.8, 4) is 0 Å². The number of aromatic nitrogens is 2. The monoisotopic (exact) mass is 508 g/mol. The lowest BCUT2D eigenvalue weighted by atomic mass is 10.1. The van der Waals surface area contributed by atoms with E-state index in [1.807, 2.05) is 14.5 Å². The number of aryl methyl sites for hydroxylation is 1. The highest BCUT2D eigenvalue weighted by Gasteiger charge is 2.32. The Labute approximate surface area is 219 Å². The average molecular weight is 509 g/mol. The predicted octanol–water partition coefficient (Wildman–Crippen LogP) is 1.74. The third kappa shape index (κ3) is 5.38. The van der Waals surface area contributed by atoms with Gasteiger partial charge in [0, 0.05) is 83.0 Å². The number of nitrogens with zero attached hydrogens (tertiary/aromatic N) is 6. The fraction of sp³-hybridized carbons (Fsp3) is 0.607. The molecule has 2 fully saturated rings. The standard InChI is InChI=1S/C28H40N6O3/c1-21-6-4-8-24(22(21)2)31-14-16-32(17-15-31)26(35)20-34-25-9-5-7-23(25)27(29-34)28(36)33-12-10-30(11-13-33)18-19-37-3/h4,6,8H,5,7,9-20H2,1-3H3. The van der Waals surface area contributed by atoms with E-state index in [0.29, 0.717) is 38.5 Å². The first-order chi connectivity index (χ1) is 18.0. The topological polar surface area (TPSA) is 74.1 Å². The van der Waals surface area contributed by atoms with Crippen LogP contribution >= 0.6 is 0 Å². The molecule has 1 aromatic heterocycles. The molecule has 0 radical (unpaired) electrons. The Bertz CT molecular complexity index is 1130. The van der Waals surface area contributed by atoms with Crippen molar-refractivity contribution in [2.75, 3.05) is 77.5 Å². The number of benzene rings is 1. The van der Waals surface area contributed by atoms with Crippen LogP contribution in [0.4, 0.5) is 5.69 Å². The van der Waals surface area contributed by atoms with Gasteiger partial charge >= 0.3 is 0 Å². The third-order valence-electron chi connectivity index (χ3n) is 8.31. The van der Waals surface area contributed by atoms with Gasteiger partial charge in [0.25, 0.3) is 5.91 Å². The number of carbonyl (C=O) groups excluding carboxylic acids is 2. The van der Waals surface area contributed by atoms with Crippen LogP contribution in [0.5, 0.6) is 0 Å².